The van der Waals surface area contributed by atoms with E-state index in [1.807, 2.05) is 0 Å². The fourth-order valence-electron chi connectivity index (χ4n) is 2.29. The second-order valence-corrected chi connectivity index (χ2v) is 5.73. The zero-order chi connectivity index (χ0) is 12.3. The Labute approximate surface area is 112 Å². The van der Waals surface area contributed by atoms with Crippen LogP contribution in [0.2, 0.25) is 0 Å². The molecule has 0 saturated heterocycles. The average Bonchev–Trinajstić information content (AvgIpc) is 2.37. The molecular weight excluding hydrogens is 272 g/mol. The zero-order valence-corrected chi connectivity index (χ0v) is 12.1. The van der Waals surface area contributed by atoms with Gasteiger partial charge in [-0.05, 0) is 35.2 Å². The Kier molecular flexibility index (Phi) is 4.22. The molecule has 90 valence electrons. The fraction of sp³-hybridized carbons (Fsp3) is 0.375. The highest BCUT2D eigenvalue weighted by Crippen LogP contribution is 2.34. The first-order chi connectivity index (χ1) is 8.24. The molecule has 0 aliphatic heterocycles. The maximum Gasteiger partial charge on any atom is 0.0401 e. The van der Waals surface area contributed by atoms with Crippen LogP contribution in [-0.2, 0) is 0 Å². The van der Waals surface area contributed by atoms with Crippen LogP contribution in [0.25, 0.3) is 10.8 Å². The van der Waals surface area contributed by atoms with Crippen LogP contribution >= 0.6 is 15.9 Å². The molecule has 0 fully saturated rings. The number of hydrogen-bond donors (Lipinski definition) is 0. The standard InChI is InChI=1S/C16H19Br/c1-3-4-9-16(17)15-11-10-12(2)13-7-5-6-8-14(13)15/h5-8,10-11,16H,3-4,9H2,1-2H3. The Balaban J connectivity index is 2.44. The summed E-state index contributed by atoms with van der Waals surface area (Å²) in [4.78, 5) is 0.480. The van der Waals surface area contributed by atoms with Crippen molar-refractivity contribution in [1.29, 1.82) is 0 Å². The van der Waals surface area contributed by atoms with Crippen LogP contribution in [0.3, 0.4) is 0 Å². The molecule has 0 N–H and O–H groups in total. The number of rotatable bonds is 4. The van der Waals surface area contributed by atoms with Crippen molar-refractivity contribution in [3.05, 3.63) is 47.5 Å². The van der Waals surface area contributed by atoms with E-state index < -0.39 is 0 Å². The highest BCUT2D eigenvalue weighted by Gasteiger charge is 2.11. The molecule has 2 rings (SSSR count). The van der Waals surface area contributed by atoms with E-state index in [9.17, 15) is 0 Å². The van der Waals surface area contributed by atoms with Crippen LogP contribution in [0, 0.1) is 6.92 Å². The first-order valence-electron chi connectivity index (χ1n) is 6.36. The predicted octanol–water partition coefficient (Wildman–Crippen LogP) is 5.77. The van der Waals surface area contributed by atoms with Crippen molar-refractivity contribution in [1.82, 2.24) is 0 Å². The molecule has 17 heavy (non-hydrogen) atoms. The summed E-state index contributed by atoms with van der Waals surface area (Å²) in [5, 5.41) is 2.77. The van der Waals surface area contributed by atoms with Crippen molar-refractivity contribution < 1.29 is 0 Å². The largest absolute Gasteiger partial charge is 0.0839 e. The molecule has 0 saturated carbocycles. The van der Waals surface area contributed by atoms with Crippen molar-refractivity contribution in [3.8, 4) is 0 Å². The second-order valence-electron chi connectivity index (χ2n) is 4.63. The lowest BCUT2D eigenvalue weighted by atomic mass is 9.97. The molecule has 0 spiro atoms. The monoisotopic (exact) mass is 290 g/mol. The number of benzene rings is 2. The predicted molar refractivity (Wildman–Crippen MR) is 79.9 cm³/mol. The lowest BCUT2D eigenvalue weighted by molar-refractivity contribution is 0.715. The summed E-state index contributed by atoms with van der Waals surface area (Å²) in [5.41, 5.74) is 2.79. The Bertz CT molecular complexity index is 502. The quantitative estimate of drug-likeness (QED) is 0.627. The Morgan fingerprint density at radius 3 is 2.47 bits per heavy atom. The van der Waals surface area contributed by atoms with E-state index >= 15 is 0 Å². The number of halogens is 1. The first-order valence-corrected chi connectivity index (χ1v) is 7.28. The second kappa shape index (κ2) is 5.68. The van der Waals surface area contributed by atoms with Gasteiger partial charge in [0, 0.05) is 4.83 Å². The van der Waals surface area contributed by atoms with Gasteiger partial charge in [0.1, 0.15) is 0 Å². The van der Waals surface area contributed by atoms with Gasteiger partial charge in [-0.3, -0.25) is 0 Å². The molecule has 0 aliphatic rings. The number of hydrogen-bond acceptors (Lipinski definition) is 0. The summed E-state index contributed by atoms with van der Waals surface area (Å²) in [7, 11) is 0. The maximum atomic E-state index is 3.83. The van der Waals surface area contributed by atoms with Gasteiger partial charge in [0.25, 0.3) is 0 Å². The molecule has 1 atom stereocenters. The van der Waals surface area contributed by atoms with E-state index in [0.29, 0.717) is 4.83 Å². The SMILES string of the molecule is CCCCC(Br)c1ccc(C)c2ccccc12. The molecule has 0 radical (unpaired) electrons. The van der Waals surface area contributed by atoms with Crippen molar-refractivity contribution >= 4 is 26.7 Å². The van der Waals surface area contributed by atoms with Gasteiger partial charge in [0.15, 0.2) is 0 Å². The van der Waals surface area contributed by atoms with Crippen molar-refractivity contribution in [3.63, 3.8) is 0 Å². The van der Waals surface area contributed by atoms with Gasteiger partial charge < -0.3 is 0 Å². The van der Waals surface area contributed by atoms with Crippen LogP contribution in [0.5, 0.6) is 0 Å². The molecule has 0 heterocycles. The maximum absolute atomic E-state index is 3.83. The fourth-order valence-corrected chi connectivity index (χ4v) is 3.01. The highest BCUT2D eigenvalue weighted by molar-refractivity contribution is 9.09. The van der Waals surface area contributed by atoms with Gasteiger partial charge in [0.2, 0.25) is 0 Å². The summed E-state index contributed by atoms with van der Waals surface area (Å²) in [6.45, 7) is 4.42. The first kappa shape index (κ1) is 12.6. The number of aryl methyl sites for hydroxylation is 1. The normalized spacial score (nSPS) is 12.9. The molecule has 0 nitrogen and oxygen atoms in total. The lowest BCUT2D eigenvalue weighted by Crippen LogP contribution is -1.93. The molecular formula is C16H19Br. The number of alkyl halides is 1. The minimum absolute atomic E-state index is 0.480. The van der Waals surface area contributed by atoms with E-state index in [1.165, 1.54) is 41.2 Å². The molecule has 0 aromatic heterocycles. The summed E-state index contributed by atoms with van der Waals surface area (Å²) in [6, 6.07) is 13.2. The highest BCUT2D eigenvalue weighted by atomic mass is 79.9. The summed E-state index contributed by atoms with van der Waals surface area (Å²) < 4.78 is 0. The van der Waals surface area contributed by atoms with Crippen molar-refractivity contribution in [2.24, 2.45) is 0 Å². The van der Waals surface area contributed by atoms with Gasteiger partial charge in [-0.15, -0.1) is 0 Å². The van der Waals surface area contributed by atoms with Crippen LogP contribution in [0.1, 0.15) is 42.1 Å². The van der Waals surface area contributed by atoms with Crippen molar-refractivity contribution in [2.45, 2.75) is 37.9 Å². The van der Waals surface area contributed by atoms with E-state index in [2.05, 4.69) is 66.2 Å². The third-order valence-electron chi connectivity index (χ3n) is 3.32. The van der Waals surface area contributed by atoms with Gasteiger partial charge >= 0.3 is 0 Å². The minimum atomic E-state index is 0.480. The van der Waals surface area contributed by atoms with Crippen LogP contribution < -0.4 is 0 Å². The zero-order valence-electron chi connectivity index (χ0n) is 10.5. The Hall–Kier alpha value is -0.820. The average molecular weight is 291 g/mol. The summed E-state index contributed by atoms with van der Waals surface area (Å²) in [5.74, 6) is 0. The van der Waals surface area contributed by atoms with E-state index in [0.717, 1.165) is 0 Å². The minimum Gasteiger partial charge on any atom is -0.0839 e. The Morgan fingerprint density at radius 1 is 1.06 bits per heavy atom. The summed E-state index contributed by atoms with van der Waals surface area (Å²) in [6.07, 6.45) is 3.74. The van der Waals surface area contributed by atoms with Gasteiger partial charge in [-0.1, -0.05) is 72.1 Å². The molecule has 2 aromatic rings. The van der Waals surface area contributed by atoms with Crippen molar-refractivity contribution in [2.75, 3.05) is 0 Å². The van der Waals surface area contributed by atoms with Gasteiger partial charge in [-0.2, -0.15) is 0 Å². The topological polar surface area (TPSA) is 0 Å². The van der Waals surface area contributed by atoms with Crippen LogP contribution in [0.15, 0.2) is 36.4 Å². The smallest absolute Gasteiger partial charge is 0.0401 e. The molecule has 0 bridgehead atoms. The van der Waals surface area contributed by atoms with E-state index in [1.54, 1.807) is 0 Å². The van der Waals surface area contributed by atoms with Gasteiger partial charge in [0.05, 0.1) is 0 Å². The third-order valence-corrected chi connectivity index (χ3v) is 4.28. The van der Waals surface area contributed by atoms with Crippen LogP contribution in [-0.4, -0.2) is 0 Å². The lowest BCUT2D eigenvalue weighted by Gasteiger charge is -2.14. The molecule has 0 aliphatic carbocycles. The molecule has 1 unspecified atom stereocenters. The van der Waals surface area contributed by atoms with Crippen LogP contribution in [0.4, 0.5) is 0 Å². The third kappa shape index (κ3) is 2.71. The van der Waals surface area contributed by atoms with Gasteiger partial charge in [-0.25, -0.2) is 0 Å². The molecule has 1 heteroatoms. The molecule has 0 amide bonds. The number of unbranched alkanes of at least 4 members (excludes halogenated alkanes) is 1. The number of fused-ring (bicyclic) bond motifs is 1. The molecule has 2 aromatic carbocycles. The summed E-state index contributed by atoms with van der Waals surface area (Å²) >= 11 is 3.83. The van der Waals surface area contributed by atoms with E-state index in [4.69, 9.17) is 0 Å². The Morgan fingerprint density at radius 2 is 1.76 bits per heavy atom. The van der Waals surface area contributed by atoms with E-state index in [-0.39, 0.29) is 0 Å².